The maximum Gasteiger partial charge on any atom is 0.270 e. The van der Waals surface area contributed by atoms with E-state index in [2.05, 4.69) is 29.1 Å². The van der Waals surface area contributed by atoms with Gasteiger partial charge in [0.1, 0.15) is 11.5 Å². The van der Waals surface area contributed by atoms with E-state index in [1.807, 2.05) is 13.8 Å². The van der Waals surface area contributed by atoms with Crippen molar-refractivity contribution in [1.29, 1.82) is 0 Å². The predicted molar refractivity (Wildman–Crippen MR) is 79.1 cm³/mol. The molecule has 1 rings (SSSR count). The summed E-state index contributed by atoms with van der Waals surface area (Å²) in [6, 6.07) is 4.33. The fourth-order valence-corrected chi connectivity index (χ4v) is 1.84. The molecule has 100 valence electrons. The number of nitro benzene ring substituents is 1. The molecule has 0 spiro atoms. The molecule has 1 aromatic carbocycles. The fraction of sp³-hybridized carbons (Fsp3) is 0.143. The molecule has 0 aliphatic rings. The lowest BCUT2D eigenvalue weighted by atomic mass is 10.1. The minimum absolute atomic E-state index is 0.000484. The first-order chi connectivity index (χ1) is 8.86. The minimum Gasteiger partial charge on any atom is -0.456 e. The smallest absolute Gasteiger partial charge is 0.270 e. The Kier molecular flexibility index (Phi) is 5.06. The molecule has 19 heavy (non-hydrogen) atoms. The third-order valence-corrected chi connectivity index (χ3v) is 3.01. The van der Waals surface area contributed by atoms with Crippen LogP contribution in [-0.4, -0.2) is 4.92 Å². The van der Waals surface area contributed by atoms with Crippen LogP contribution in [0.5, 0.6) is 5.75 Å². The van der Waals surface area contributed by atoms with E-state index in [-0.39, 0.29) is 5.69 Å². The SMILES string of the molecule is C=C/C(C)=C(/Oc1ccc([N+](=O)[O-])cc1Br)C(=C)C. The second-order valence-corrected chi connectivity index (χ2v) is 4.82. The second kappa shape index (κ2) is 6.33. The van der Waals surface area contributed by atoms with Crippen molar-refractivity contribution in [2.45, 2.75) is 13.8 Å². The van der Waals surface area contributed by atoms with Crippen LogP contribution in [0.3, 0.4) is 0 Å². The van der Waals surface area contributed by atoms with E-state index >= 15 is 0 Å². The normalized spacial score (nSPS) is 11.5. The van der Waals surface area contributed by atoms with Crippen molar-refractivity contribution in [1.82, 2.24) is 0 Å². The molecule has 0 bridgehead atoms. The molecular weight excluding hydrogens is 310 g/mol. The molecule has 0 N–H and O–H groups in total. The van der Waals surface area contributed by atoms with Gasteiger partial charge in [-0.05, 0) is 47.0 Å². The maximum atomic E-state index is 10.7. The van der Waals surface area contributed by atoms with E-state index in [9.17, 15) is 10.1 Å². The lowest BCUT2D eigenvalue weighted by molar-refractivity contribution is -0.384. The van der Waals surface area contributed by atoms with Crippen LogP contribution in [0.1, 0.15) is 13.8 Å². The molecule has 0 aliphatic carbocycles. The van der Waals surface area contributed by atoms with Crippen LogP contribution in [-0.2, 0) is 0 Å². The molecular formula is C14H14BrNO3. The quantitative estimate of drug-likeness (QED) is 0.339. The number of non-ortho nitro benzene ring substituents is 1. The van der Waals surface area contributed by atoms with Crippen LogP contribution in [0.25, 0.3) is 0 Å². The van der Waals surface area contributed by atoms with Crippen molar-refractivity contribution in [2.24, 2.45) is 0 Å². The van der Waals surface area contributed by atoms with Gasteiger partial charge < -0.3 is 4.74 Å². The van der Waals surface area contributed by atoms with E-state index < -0.39 is 4.92 Å². The highest BCUT2D eigenvalue weighted by Gasteiger charge is 2.12. The Balaban J connectivity index is 3.15. The van der Waals surface area contributed by atoms with Gasteiger partial charge in [0.25, 0.3) is 5.69 Å². The highest BCUT2D eigenvalue weighted by atomic mass is 79.9. The largest absolute Gasteiger partial charge is 0.456 e. The minimum atomic E-state index is -0.459. The van der Waals surface area contributed by atoms with Crippen LogP contribution in [0, 0.1) is 10.1 Å². The number of allylic oxidation sites excluding steroid dienone is 3. The summed E-state index contributed by atoms with van der Waals surface area (Å²) in [6.07, 6.45) is 1.67. The van der Waals surface area contributed by atoms with Crippen LogP contribution >= 0.6 is 15.9 Å². The summed E-state index contributed by atoms with van der Waals surface area (Å²) in [5.74, 6) is 1.09. The first-order valence-corrected chi connectivity index (χ1v) is 6.27. The summed E-state index contributed by atoms with van der Waals surface area (Å²) >= 11 is 3.26. The first kappa shape index (κ1) is 15.2. The zero-order valence-corrected chi connectivity index (χ0v) is 12.4. The van der Waals surface area contributed by atoms with Crippen molar-refractivity contribution in [3.8, 4) is 5.75 Å². The van der Waals surface area contributed by atoms with Crippen LogP contribution in [0.4, 0.5) is 5.69 Å². The van der Waals surface area contributed by atoms with Gasteiger partial charge in [-0.1, -0.05) is 19.2 Å². The number of ether oxygens (including phenoxy) is 1. The van der Waals surface area contributed by atoms with Gasteiger partial charge >= 0.3 is 0 Å². The number of benzene rings is 1. The summed E-state index contributed by atoms with van der Waals surface area (Å²) in [6.45, 7) is 11.2. The van der Waals surface area contributed by atoms with Crippen LogP contribution < -0.4 is 4.74 Å². The first-order valence-electron chi connectivity index (χ1n) is 5.47. The van der Waals surface area contributed by atoms with Crippen LogP contribution in [0.2, 0.25) is 0 Å². The van der Waals surface area contributed by atoms with Gasteiger partial charge in [-0.2, -0.15) is 0 Å². The third kappa shape index (κ3) is 3.79. The highest BCUT2D eigenvalue weighted by Crippen LogP contribution is 2.32. The van der Waals surface area contributed by atoms with Crippen molar-refractivity contribution < 1.29 is 9.66 Å². The van der Waals surface area contributed by atoms with E-state index in [4.69, 9.17) is 4.74 Å². The van der Waals surface area contributed by atoms with Gasteiger partial charge in [0, 0.05) is 12.1 Å². The lowest BCUT2D eigenvalue weighted by Crippen LogP contribution is -2.00. The van der Waals surface area contributed by atoms with E-state index in [1.54, 1.807) is 12.1 Å². The molecule has 0 atom stereocenters. The second-order valence-electron chi connectivity index (χ2n) is 3.97. The average molecular weight is 324 g/mol. The Morgan fingerprint density at radius 1 is 1.47 bits per heavy atom. The summed E-state index contributed by atoms with van der Waals surface area (Å²) in [5.41, 5.74) is 1.60. The van der Waals surface area contributed by atoms with Gasteiger partial charge in [-0.25, -0.2) is 0 Å². The molecule has 0 heterocycles. The van der Waals surface area contributed by atoms with Gasteiger partial charge in [-0.15, -0.1) is 0 Å². The average Bonchev–Trinajstić information content (AvgIpc) is 2.35. The number of nitro groups is 1. The maximum absolute atomic E-state index is 10.7. The molecule has 4 nitrogen and oxygen atoms in total. The molecule has 0 aliphatic heterocycles. The molecule has 0 radical (unpaired) electrons. The van der Waals surface area contributed by atoms with Gasteiger partial charge in [0.2, 0.25) is 0 Å². The van der Waals surface area contributed by atoms with Crippen molar-refractivity contribution in [2.75, 3.05) is 0 Å². The molecule has 1 aromatic rings. The summed E-state index contributed by atoms with van der Waals surface area (Å²) in [5, 5.41) is 10.7. The molecule has 0 fully saturated rings. The predicted octanol–water partition coefficient (Wildman–Crippen LogP) is 4.77. The topological polar surface area (TPSA) is 52.4 Å². The lowest BCUT2D eigenvalue weighted by Gasteiger charge is -2.13. The zero-order chi connectivity index (χ0) is 14.6. The molecule has 0 unspecified atom stereocenters. The monoisotopic (exact) mass is 323 g/mol. The number of rotatable bonds is 5. The molecule has 0 amide bonds. The van der Waals surface area contributed by atoms with Crippen molar-refractivity contribution in [3.05, 3.63) is 68.9 Å². The molecule has 5 heteroatoms. The van der Waals surface area contributed by atoms with E-state index in [1.165, 1.54) is 12.1 Å². The Morgan fingerprint density at radius 2 is 2.11 bits per heavy atom. The zero-order valence-electron chi connectivity index (χ0n) is 10.8. The summed E-state index contributed by atoms with van der Waals surface area (Å²) < 4.78 is 6.24. The van der Waals surface area contributed by atoms with E-state index in [0.717, 1.165) is 11.1 Å². The number of halogens is 1. The summed E-state index contributed by atoms with van der Waals surface area (Å²) in [7, 11) is 0. The molecule has 0 aromatic heterocycles. The standard InChI is InChI=1S/C14H14BrNO3/c1-5-10(4)14(9(2)3)19-13-7-6-11(16(17)18)8-12(13)15/h5-8H,1-2H2,3-4H3/b14-10+. The third-order valence-electron chi connectivity index (χ3n) is 2.39. The molecule has 0 saturated heterocycles. The van der Waals surface area contributed by atoms with Gasteiger partial charge in [0.15, 0.2) is 0 Å². The number of nitrogens with zero attached hydrogens (tertiary/aromatic N) is 1. The van der Waals surface area contributed by atoms with Gasteiger partial charge in [-0.3, -0.25) is 10.1 Å². The highest BCUT2D eigenvalue weighted by molar-refractivity contribution is 9.10. The van der Waals surface area contributed by atoms with Crippen molar-refractivity contribution in [3.63, 3.8) is 0 Å². The van der Waals surface area contributed by atoms with Crippen LogP contribution in [0.15, 0.2) is 58.8 Å². The van der Waals surface area contributed by atoms with Gasteiger partial charge in [0.05, 0.1) is 9.40 Å². The van der Waals surface area contributed by atoms with Crippen molar-refractivity contribution >= 4 is 21.6 Å². The Hall–Kier alpha value is -1.88. The Labute approximate surface area is 120 Å². The Morgan fingerprint density at radius 3 is 2.53 bits per heavy atom. The Bertz CT molecular complexity index is 576. The summed E-state index contributed by atoms with van der Waals surface area (Å²) in [4.78, 5) is 10.2. The fourth-order valence-electron chi connectivity index (χ4n) is 1.39. The number of hydrogen-bond acceptors (Lipinski definition) is 3. The van der Waals surface area contributed by atoms with E-state index in [0.29, 0.717) is 16.0 Å². The number of hydrogen-bond donors (Lipinski definition) is 0. The molecule has 0 saturated carbocycles.